The first-order valence-corrected chi connectivity index (χ1v) is 14.3. The number of ketones is 1. The summed E-state index contributed by atoms with van der Waals surface area (Å²) in [5, 5.41) is 10.5. The predicted molar refractivity (Wildman–Crippen MR) is 141 cm³/mol. The van der Waals surface area contributed by atoms with Gasteiger partial charge in [-0.2, -0.15) is 0 Å². The fourth-order valence-corrected chi connectivity index (χ4v) is 10.5. The number of carbonyl (C=O) groups is 3. The van der Waals surface area contributed by atoms with Gasteiger partial charge in [0.2, 0.25) is 0 Å². The van der Waals surface area contributed by atoms with Gasteiger partial charge in [0.25, 0.3) is 0 Å². The van der Waals surface area contributed by atoms with E-state index in [1.54, 1.807) is 0 Å². The maximum Gasteiger partial charge on any atom is 0.310 e. The molecule has 7 atom stereocenters. The SMILES string of the molecule is CC(C)C12CC[C@]3(C)C(CC=C4C5CC(C)(C)CC[C@]5(C(=O)O)CC[C@]43C)[C@@]1(C)C=C(C=O)C(=O)C2. The van der Waals surface area contributed by atoms with Gasteiger partial charge in [-0.1, -0.05) is 66.2 Å². The van der Waals surface area contributed by atoms with Crippen LogP contribution in [-0.2, 0) is 14.4 Å². The third-order valence-corrected chi connectivity index (χ3v) is 13.2. The van der Waals surface area contributed by atoms with E-state index in [4.69, 9.17) is 0 Å². The summed E-state index contributed by atoms with van der Waals surface area (Å²) in [5.41, 5.74) is 0.807. The van der Waals surface area contributed by atoms with Crippen LogP contribution in [0.15, 0.2) is 23.3 Å². The van der Waals surface area contributed by atoms with Crippen molar-refractivity contribution >= 4 is 18.0 Å². The van der Waals surface area contributed by atoms with Crippen LogP contribution in [0.25, 0.3) is 0 Å². The van der Waals surface area contributed by atoms with E-state index in [2.05, 4.69) is 60.6 Å². The van der Waals surface area contributed by atoms with Gasteiger partial charge in [-0.15, -0.1) is 0 Å². The molecule has 4 heteroatoms. The average Bonchev–Trinajstić information content (AvgIpc) is 2.79. The number of carboxylic acids is 1. The summed E-state index contributed by atoms with van der Waals surface area (Å²) >= 11 is 0. The Morgan fingerprint density at radius 2 is 1.69 bits per heavy atom. The number of Topliss-reactive ketones (excluding diaryl/α,β-unsaturated/α-hetero) is 1. The topological polar surface area (TPSA) is 71.4 Å². The first-order valence-electron chi connectivity index (χ1n) is 14.3. The van der Waals surface area contributed by atoms with Crippen molar-refractivity contribution in [3.8, 4) is 0 Å². The molecular formula is C32H46O4. The highest BCUT2D eigenvalue weighted by Crippen LogP contribution is 2.77. The number of carboxylic acid groups (broad SMARTS) is 1. The van der Waals surface area contributed by atoms with Gasteiger partial charge in [0.05, 0.1) is 11.0 Å². The van der Waals surface area contributed by atoms with Gasteiger partial charge in [-0.3, -0.25) is 14.4 Å². The van der Waals surface area contributed by atoms with Crippen LogP contribution in [-0.4, -0.2) is 23.1 Å². The lowest BCUT2D eigenvalue weighted by molar-refractivity contribution is -0.187. The Kier molecular flexibility index (Phi) is 5.52. The second kappa shape index (κ2) is 7.67. The maximum atomic E-state index is 13.0. The summed E-state index contributed by atoms with van der Waals surface area (Å²) in [5.74, 6) is 0.146. The molecule has 3 unspecified atom stereocenters. The van der Waals surface area contributed by atoms with Gasteiger partial charge in [-0.25, -0.2) is 0 Å². The summed E-state index contributed by atoms with van der Waals surface area (Å²) in [4.78, 5) is 37.8. The molecule has 0 aromatic heterocycles. The lowest BCUT2D eigenvalue weighted by Gasteiger charge is -2.71. The first kappa shape index (κ1) is 25.9. The summed E-state index contributed by atoms with van der Waals surface area (Å²) in [6.07, 6.45) is 13.0. The Labute approximate surface area is 217 Å². The molecule has 5 aliphatic carbocycles. The minimum atomic E-state index is -0.633. The number of allylic oxidation sites excluding steroid dienone is 4. The molecule has 36 heavy (non-hydrogen) atoms. The summed E-state index contributed by atoms with van der Waals surface area (Å²) in [6.45, 7) is 16.4. The largest absolute Gasteiger partial charge is 0.481 e. The molecule has 0 heterocycles. The number of aliphatic carboxylic acids is 1. The second-order valence-corrected chi connectivity index (χ2v) is 15.0. The van der Waals surface area contributed by atoms with Crippen LogP contribution in [0.4, 0.5) is 0 Å². The van der Waals surface area contributed by atoms with E-state index in [-0.39, 0.29) is 38.8 Å². The normalized spacial score (nSPS) is 47.5. The standard InChI is InChI=1S/C32H46O4/c1-20(2)32-15-12-29(6)25(30(32,7)16-21(19-33)24(34)18-32)9-8-22-23-17-27(3,4)10-13-31(23,26(35)36)14-11-28(22,29)5/h8,16,19-20,23,25H,9-15,17-18H2,1-7H3,(H,35,36)/t23?,25?,28-,29-,30-,31+,32?/m1/s1. The van der Waals surface area contributed by atoms with Crippen LogP contribution < -0.4 is 0 Å². The Bertz CT molecular complexity index is 1080. The highest BCUT2D eigenvalue weighted by molar-refractivity contribution is 6.12. The summed E-state index contributed by atoms with van der Waals surface area (Å²) in [6, 6.07) is 0. The molecule has 5 rings (SSSR count). The number of aldehydes is 1. The van der Waals surface area contributed by atoms with Gasteiger partial charge in [0.15, 0.2) is 12.1 Å². The molecule has 3 saturated carbocycles. The highest BCUT2D eigenvalue weighted by atomic mass is 16.4. The molecule has 1 N–H and O–H groups in total. The van der Waals surface area contributed by atoms with Crippen molar-refractivity contribution in [2.75, 3.05) is 0 Å². The number of hydrogen-bond donors (Lipinski definition) is 1. The molecule has 4 nitrogen and oxygen atoms in total. The minimum absolute atomic E-state index is 0.00590. The van der Waals surface area contributed by atoms with E-state index < -0.39 is 11.4 Å². The second-order valence-electron chi connectivity index (χ2n) is 15.0. The van der Waals surface area contributed by atoms with Gasteiger partial charge >= 0.3 is 5.97 Å². The third-order valence-electron chi connectivity index (χ3n) is 13.2. The van der Waals surface area contributed by atoms with E-state index in [9.17, 15) is 19.5 Å². The predicted octanol–water partition coefficient (Wildman–Crippen LogP) is 7.18. The molecule has 0 saturated heterocycles. The van der Waals surface area contributed by atoms with Crippen LogP contribution in [0.1, 0.15) is 106 Å². The van der Waals surface area contributed by atoms with Crippen molar-refractivity contribution in [3.05, 3.63) is 23.3 Å². The highest BCUT2D eigenvalue weighted by Gasteiger charge is 2.70. The van der Waals surface area contributed by atoms with E-state index in [0.717, 1.165) is 57.7 Å². The van der Waals surface area contributed by atoms with Gasteiger partial charge < -0.3 is 5.11 Å². The molecule has 3 fully saturated rings. The van der Waals surface area contributed by atoms with Crippen LogP contribution in [0.2, 0.25) is 0 Å². The van der Waals surface area contributed by atoms with E-state index in [1.165, 1.54) is 5.57 Å². The van der Waals surface area contributed by atoms with Crippen molar-refractivity contribution in [1.29, 1.82) is 0 Å². The van der Waals surface area contributed by atoms with Crippen LogP contribution in [0, 0.1) is 50.2 Å². The fourth-order valence-electron chi connectivity index (χ4n) is 10.5. The zero-order chi connectivity index (χ0) is 26.5. The first-order chi connectivity index (χ1) is 16.6. The van der Waals surface area contributed by atoms with Crippen molar-refractivity contribution in [3.63, 3.8) is 0 Å². The molecule has 0 aromatic rings. The smallest absolute Gasteiger partial charge is 0.310 e. The lowest BCUT2D eigenvalue weighted by atomic mass is 9.32. The molecule has 5 aliphatic rings. The Morgan fingerprint density at radius 3 is 2.31 bits per heavy atom. The van der Waals surface area contributed by atoms with Crippen LogP contribution >= 0.6 is 0 Å². The summed E-state index contributed by atoms with van der Waals surface area (Å²) in [7, 11) is 0. The Hall–Kier alpha value is -1.71. The molecule has 0 amide bonds. The number of fused-ring (bicyclic) bond motifs is 7. The fraction of sp³-hybridized carbons (Fsp3) is 0.781. The number of carbonyl (C=O) groups excluding carboxylic acids is 2. The minimum Gasteiger partial charge on any atom is -0.481 e. The molecule has 0 aromatic carbocycles. The Morgan fingerprint density at radius 1 is 1.03 bits per heavy atom. The summed E-state index contributed by atoms with van der Waals surface area (Å²) < 4.78 is 0. The van der Waals surface area contributed by atoms with Gasteiger partial charge in [-0.05, 0) is 96.2 Å². The number of rotatable bonds is 3. The van der Waals surface area contributed by atoms with E-state index >= 15 is 0 Å². The van der Waals surface area contributed by atoms with Crippen LogP contribution in [0.5, 0.6) is 0 Å². The molecule has 0 radical (unpaired) electrons. The van der Waals surface area contributed by atoms with Gasteiger partial charge in [0.1, 0.15) is 0 Å². The molecule has 0 bridgehead atoms. The maximum absolute atomic E-state index is 13.0. The molecule has 0 aliphatic heterocycles. The van der Waals surface area contributed by atoms with Crippen molar-refractivity contribution in [1.82, 2.24) is 0 Å². The van der Waals surface area contributed by atoms with Gasteiger partial charge in [0, 0.05) is 6.42 Å². The quantitative estimate of drug-likeness (QED) is 0.256. The Balaban J connectivity index is 1.68. The lowest BCUT2D eigenvalue weighted by Crippen LogP contribution is -2.65. The van der Waals surface area contributed by atoms with E-state index in [0.29, 0.717) is 23.8 Å². The van der Waals surface area contributed by atoms with Crippen molar-refractivity contribution in [2.45, 2.75) is 106 Å². The zero-order valence-corrected chi connectivity index (χ0v) is 23.5. The molecular weight excluding hydrogens is 448 g/mol. The monoisotopic (exact) mass is 494 g/mol. The van der Waals surface area contributed by atoms with E-state index in [1.807, 2.05) is 0 Å². The average molecular weight is 495 g/mol. The van der Waals surface area contributed by atoms with Crippen LogP contribution in [0.3, 0.4) is 0 Å². The molecule has 198 valence electrons. The van der Waals surface area contributed by atoms with Crippen molar-refractivity contribution < 1.29 is 19.5 Å². The molecule has 0 spiro atoms. The number of hydrogen-bond acceptors (Lipinski definition) is 3. The zero-order valence-electron chi connectivity index (χ0n) is 23.5. The third kappa shape index (κ3) is 2.96. The van der Waals surface area contributed by atoms with Crippen molar-refractivity contribution in [2.24, 2.45) is 50.2 Å².